The lowest BCUT2D eigenvalue weighted by Gasteiger charge is -2.05. The zero-order valence-corrected chi connectivity index (χ0v) is 20.2. The molecule has 0 aliphatic rings. The van der Waals surface area contributed by atoms with Crippen molar-refractivity contribution in [3.8, 4) is 0 Å². The molecule has 1 heterocycles. The summed E-state index contributed by atoms with van der Waals surface area (Å²) in [6.45, 7) is 2.97. The Labute approximate surface area is 206 Å². The number of hydrogen-bond acceptors (Lipinski definition) is 6. The Morgan fingerprint density at radius 3 is 2.23 bits per heavy atom. The van der Waals surface area contributed by atoms with E-state index in [0.717, 1.165) is 10.2 Å². The van der Waals surface area contributed by atoms with Gasteiger partial charge in [-0.05, 0) is 37.3 Å². The Kier molecular flexibility index (Phi) is 7.64. The summed E-state index contributed by atoms with van der Waals surface area (Å²) in [7, 11) is 1.61. The first kappa shape index (κ1) is 24.3. The van der Waals surface area contributed by atoms with Gasteiger partial charge in [0.2, 0.25) is 0 Å². The number of thiazole rings is 1. The molecule has 0 radical (unpaired) electrons. The van der Waals surface area contributed by atoms with E-state index in [-0.39, 0.29) is 5.78 Å². The minimum absolute atomic E-state index is 0.110. The molecule has 0 fully saturated rings. The summed E-state index contributed by atoms with van der Waals surface area (Å²) < 4.78 is 13.0. The molecule has 1 aromatic heterocycles. The number of rotatable bonds is 8. The van der Waals surface area contributed by atoms with E-state index < -0.39 is 11.9 Å². The van der Waals surface area contributed by atoms with E-state index >= 15 is 0 Å². The number of carbonyl (C=O) groups excluding carboxylic acids is 3. The second kappa shape index (κ2) is 11.0. The number of carbonyl (C=O) groups is 3. The Morgan fingerprint density at radius 1 is 0.886 bits per heavy atom. The molecule has 1 amide bonds. The Hall–Kier alpha value is -3.88. The van der Waals surface area contributed by atoms with Crippen molar-refractivity contribution in [1.29, 1.82) is 0 Å². The molecule has 178 valence electrons. The fourth-order valence-corrected chi connectivity index (χ4v) is 4.66. The number of hydrogen-bond donors (Lipinski definition) is 0. The van der Waals surface area contributed by atoms with Gasteiger partial charge in [-0.25, -0.2) is 4.79 Å². The lowest BCUT2D eigenvalue weighted by Crippen LogP contribution is -2.19. The average molecular weight is 489 g/mol. The van der Waals surface area contributed by atoms with Crippen LogP contribution in [0.4, 0.5) is 0 Å². The maximum atomic E-state index is 13.0. The highest BCUT2D eigenvalue weighted by Crippen LogP contribution is 2.20. The second-order valence-corrected chi connectivity index (χ2v) is 8.63. The quantitative estimate of drug-likeness (QED) is 0.269. The zero-order valence-electron chi connectivity index (χ0n) is 19.4. The zero-order chi connectivity index (χ0) is 24.8. The summed E-state index contributed by atoms with van der Waals surface area (Å²) in [6, 6.07) is 20.7. The number of methoxy groups -OCH3 is 1. The molecule has 35 heavy (non-hydrogen) atoms. The minimum Gasteiger partial charge on any atom is -0.462 e. The van der Waals surface area contributed by atoms with E-state index in [1.807, 2.05) is 28.8 Å². The van der Waals surface area contributed by atoms with Crippen LogP contribution in [0, 0.1) is 0 Å². The standard InChI is InChI=1S/C27H24N2O5S/c1-3-34-26(32)21-13-14-22-23(17-21)35-27(29(22)15-16-33-2)28-25(31)20-11-9-19(10-12-20)24(30)18-7-5-4-6-8-18/h4-14,17H,3,15-16H2,1-2H3. The van der Waals surface area contributed by atoms with E-state index in [9.17, 15) is 14.4 Å². The molecule has 0 unspecified atom stereocenters. The second-order valence-electron chi connectivity index (χ2n) is 7.62. The number of nitrogens with zero attached hydrogens (tertiary/aromatic N) is 2. The molecule has 0 bridgehead atoms. The van der Waals surface area contributed by atoms with Crippen LogP contribution >= 0.6 is 11.3 Å². The van der Waals surface area contributed by atoms with Crippen molar-refractivity contribution < 1.29 is 23.9 Å². The molecule has 8 heteroatoms. The number of fused-ring (bicyclic) bond motifs is 1. The van der Waals surface area contributed by atoms with Crippen molar-refractivity contribution in [2.24, 2.45) is 4.99 Å². The summed E-state index contributed by atoms with van der Waals surface area (Å²) in [4.78, 5) is 42.6. The van der Waals surface area contributed by atoms with Crippen LogP contribution in [-0.2, 0) is 16.0 Å². The lowest BCUT2D eigenvalue weighted by molar-refractivity contribution is 0.0526. The van der Waals surface area contributed by atoms with Gasteiger partial charge >= 0.3 is 5.97 Å². The van der Waals surface area contributed by atoms with Crippen molar-refractivity contribution in [3.63, 3.8) is 0 Å². The molecule has 0 saturated carbocycles. The van der Waals surface area contributed by atoms with Gasteiger partial charge in [-0.15, -0.1) is 0 Å². The third kappa shape index (κ3) is 5.45. The van der Waals surface area contributed by atoms with Gasteiger partial charge in [0.05, 0.1) is 29.0 Å². The number of benzene rings is 3. The van der Waals surface area contributed by atoms with Gasteiger partial charge in [0.1, 0.15) is 0 Å². The van der Waals surface area contributed by atoms with Gasteiger partial charge in [0, 0.05) is 30.3 Å². The molecule has 0 spiro atoms. The highest BCUT2D eigenvalue weighted by molar-refractivity contribution is 7.16. The largest absolute Gasteiger partial charge is 0.462 e. The number of amides is 1. The number of esters is 1. The van der Waals surface area contributed by atoms with E-state index in [0.29, 0.717) is 46.8 Å². The summed E-state index contributed by atoms with van der Waals surface area (Å²) in [6.07, 6.45) is 0. The van der Waals surface area contributed by atoms with E-state index in [1.165, 1.54) is 11.3 Å². The Morgan fingerprint density at radius 2 is 1.54 bits per heavy atom. The highest BCUT2D eigenvalue weighted by atomic mass is 32.1. The topological polar surface area (TPSA) is 87.0 Å². The molecule has 0 atom stereocenters. The van der Waals surface area contributed by atoms with Gasteiger partial charge in [-0.1, -0.05) is 53.8 Å². The molecule has 7 nitrogen and oxygen atoms in total. The van der Waals surface area contributed by atoms with Crippen molar-refractivity contribution in [3.05, 3.63) is 99.9 Å². The predicted octanol–water partition coefficient (Wildman–Crippen LogP) is 4.50. The number of aromatic nitrogens is 1. The van der Waals surface area contributed by atoms with Crippen LogP contribution in [0.3, 0.4) is 0 Å². The van der Waals surface area contributed by atoms with Crippen LogP contribution in [-0.4, -0.2) is 42.6 Å². The molecule has 0 N–H and O–H groups in total. The fraction of sp³-hybridized carbons (Fsp3) is 0.185. The third-order valence-corrected chi connectivity index (χ3v) is 6.38. The molecule has 4 aromatic rings. The third-order valence-electron chi connectivity index (χ3n) is 5.34. The summed E-state index contributed by atoms with van der Waals surface area (Å²) in [5, 5.41) is 0. The first-order valence-electron chi connectivity index (χ1n) is 11.1. The van der Waals surface area contributed by atoms with Gasteiger partial charge in [0.25, 0.3) is 5.91 Å². The number of ether oxygens (including phenoxy) is 2. The molecule has 0 aliphatic carbocycles. The van der Waals surface area contributed by atoms with E-state index in [1.54, 1.807) is 62.6 Å². The minimum atomic E-state index is -0.424. The Balaban J connectivity index is 1.66. The van der Waals surface area contributed by atoms with Gasteiger partial charge in [-0.2, -0.15) is 4.99 Å². The first-order valence-corrected chi connectivity index (χ1v) is 11.9. The molecule has 3 aromatic carbocycles. The SMILES string of the molecule is CCOC(=O)c1ccc2c(c1)sc(=NC(=O)c1ccc(C(=O)c3ccccc3)cc1)n2CCOC. The van der Waals surface area contributed by atoms with Gasteiger partial charge in [0.15, 0.2) is 10.6 Å². The van der Waals surface area contributed by atoms with Crippen LogP contribution in [0.15, 0.2) is 77.8 Å². The van der Waals surface area contributed by atoms with Crippen LogP contribution < -0.4 is 4.80 Å². The maximum Gasteiger partial charge on any atom is 0.338 e. The number of ketones is 1. The van der Waals surface area contributed by atoms with Crippen molar-refractivity contribution >= 4 is 39.2 Å². The molecule has 4 rings (SSSR count). The van der Waals surface area contributed by atoms with Crippen LogP contribution in [0.25, 0.3) is 10.2 Å². The van der Waals surface area contributed by atoms with Crippen molar-refractivity contribution in [2.75, 3.05) is 20.3 Å². The molecular formula is C27H24N2O5S. The summed E-state index contributed by atoms with van der Waals surface area (Å²) in [5.41, 5.74) is 2.74. The molecular weight excluding hydrogens is 464 g/mol. The van der Waals surface area contributed by atoms with Gasteiger partial charge < -0.3 is 14.0 Å². The van der Waals surface area contributed by atoms with Gasteiger partial charge in [-0.3, -0.25) is 9.59 Å². The molecule has 0 saturated heterocycles. The van der Waals surface area contributed by atoms with E-state index in [2.05, 4.69) is 4.99 Å². The maximum absolute atomic E-state index is 13.0. The Bertz CT molecular complexity index is 1440. The summed E-state index contributed by atoms with van der Waals surface area (Å²) in [5.74, 6) is -0.932. The smallest absolute Gasteiger partial charge is 0.338 e. The van der Waals surface area contributed by atoms with Crippen LogP contribution in [0.1, 0.15) is 43.6 Å². The van der Waals surface area contributed by atoms with Crippen LogP contribution in [0.5, 0.6) is 0 Å². The van der Waals surface area contributed by atoms with Crippen molar-refractivity contribution in [1.82, 2.24) is 4.57 Å². The monoisotopic (exact) mass is 488 g/mol. The normalized spacial score (nSPS) is 11.5. The lowest BCUT2D eigenvalue weighted by atomic mass is 10.0. The van der Waals surface area contributed by atoms with E-state index in [4.69, 9.17) is 9.47 Å². The average Bonchev–Trinajstić information content (AvgIpc) is 3.23. The predicted molar refractivity (Wildman–Crippen MR) is 134 cm³/mol. The fourth-order valence-electron chi connectivity index (χ4n) is 3.57. The first-order chi connectivity index (χ1) is 17.0. The molecule has 0 aliphatic heterocycles. The van der Waals surface area contributed by atoms with Crippen LogP contribution in [0.2, 0.25) is 0 Å². The summed E-state index contributed by atoms with van der Waals surface area (Å²) >= 11 is 1.31. The highest BCUT2D eigenvalue weighted by Gasteiger charge is 2.14. The van der Waals surface area contributed by atoms with Crippen molar-refractivity contribution in [2.45, 2.75) is 13.5 Å².